The molecule has 80 valence electrons. The lowest BCUT2D eigenvalue weighted by atomic mass is 10.1. The first kappa shape index (κ1) is 11.1. The summed E-state index contributed by atoms with van der Waals surface area (Å²) in [6, 6.07) is -0.696. The molecule has 0 heterocycles. The number of carboxylic acid groups (broad SMARTS) is 1. The van der Waals surface area contributed by atoms with Crippen LogP contribution in [0.1, 0.15) is 39.0 Å². The topological polar surface area (TPSA) is 62.0 Å². The Bertz CT molecular complexity index is 210. The zero-order chi connectivity index (χ0) is 10.4. The van der Waals surface area contributed by atoms with Gasteiger partial charge in [0, 0.05) is 0 Å². The lowest BCUT2D eigenvalue weighted by Crippen LogP contribution is -2.12. The number of nitrogens with zero attached hydrogens (tertiary/aromatic N) is 2. The van der Waals surface area contributed by atoms with E-state index >= 15 is 0 Å². The molecule has 1 saturated carbocycles. The fourth-order valence-corrected chi connectivity index (χ4v) is 1.77. The van der Waals surface area contributed by atoms with Crippen molar-refractivity contribution in [2.75, 3.05) is 6.54 Å². The van der Waals surface area contributed by atoms with Gasteiger partial charge in [-0.15, -0.1) is 0 Å². The molecule has 0 aromatic carbocycles. The summed E-state index contributed by atoms with van der Waals surface area (Å²) in [4.78, 5) is 10.4. The third-order valence-corrected chi connectivity index (χ3v) is 2.72. The number of rotatable bonds is 5. The maximum Gasteiger partial charge on any atom is 0.330 e. The molecule has 1 unspecified atom stereocenters. The summed E-state index contributed by atoms with van der Waals surface area (Å²) >= 11 is 0. The summed E-state index contributed by atoms with van der Waals surface area (Å²) in [7, 11) is 0. The standard InChI is InChI=1S/C10H18N2O2/c1-8(10(13)14)12-11-7-6-9-4-2-3-5-9/h8-9H,2-7H2,1H3,(H,13,14). The lowest BCUT2D eigenvalue weighted by Gasteiger charge is -2.04. The Morgan fingerprint density at radius 3 is 2.71 bits per heavy atom. The molecule has 0 spiro atoms. The highest BCUT2D eigenvalue weighted by atomic mass is 16.4. The van der Waals surface area contributed by atoms with Gasteiger partial charge in [0.15, 0.2) is 6.04 Å². The van der Waals surface area contributed by atoms with E-state index < -0.39 is 12.0 Å². The van der Waals surface area contributed by atoms with Gasteiger partial charge in [-0.25, -0.2) is 4.79 Å². The average molecular weight is 198 g/mol. The maximum atomic E-state index is 10.4. The van der Waals surface area contributed by atoms with Crippen molar-refractivity contribution < 1.29 is 9.90 Å². The van der Waals surface area contributed by atoms with Gasteiger partial charge in [0.25, 0.3) is 0 Å². The molecule has 0 radical (unpaired) electrons. The molecule has 1 aliphatic rings. The van der Waals surface area contributed by atoms with Crippen molar-refractivity contribution in [1.82, 2.24) is 0 Å². The molecule has 1 rings (SSSR count). The summed E-state index contributed by atoms with van der Waals surface area (Å²) in [6.07, 6.45) is 6.37. The molecule has 1 aliphatic carbocycles. The number of carboxylic acids is 1. The van der Waals surface area contributed by atoms with Crippen molar-refractivity contribution in [3.63, 3.8) is 0 Å². The first-order chi connectivity index (χ1) is 6.70. The molecule has 0 saturated heterocycles. The predicted octanol–water partition coefficient (Wildman–Crippen LogP) is 2.49. The number of hydrogen-bond donors (Lipinski definition) is 1. The first-order valence-corrected chi connectivity index (χ1v) is 5.29. The van der Waals surface area contributed by atoms with Gasteiger partial charge >= 0.3 is 5.97 Å². The highest BCUT2D eigenvalue weighted by molar-refractivity contribution is 5.72. The SMILES string of the molecule is CC(N=NCCC1CCCC1)C(=O)O. The van der Waals surface area contributed by atoms with Crippen LogP contribution in [-0.2, 0) is 4.79 Å². The summed E-state index contributed by atoms with van der Waals surface area (Å²) in [5.41, 5.74) is 0. The Kier molecular flexibility index (Phi) is 4.56. The zero-order valence-electron chi connectivity index (χ0n) is 8.65. The lowest BCUT2D eigenvalue weighted by molar-refractivity contribution is -0.138. The number of carbonyl (C=O) groups is 1. The summed E-state index contributed by atoms with van der Waals surface area (Å²) in [5, 5.41) is 16.1. The Hall–Kier alpha value is -0.930. The van der Waals surface area contributed by atoms with Crippen molar-refractivity contribution in [2.45, 2.75) is 45.1 Å². The molecule has 0 amide bonds. The third kappa shape index (κ3) is 3.85. The van der Waals surface area contributed by atoms with E-state index in [9.17, 15) is 4.79 Å². The van der Waals surface area contributed by atoms with Crippen LogP contribution in [0.4, 0.5) is 0 Å². The van der Waals surface area contributed by atoms with Gasteiger partial charge < -0.3 is 5.11 Å². The Morgan fingerprint density at radius 2 is 2.14 bits per heavy atom. The van der Waals surface area contributed by atoms with Crippen LogP contribution in [0.3, 0.4) is 0 Å². The van der Waals surface area contributed by atoms with Crippen molar-refractivity contribution in [1.29, 1.82) is 0 Å². The molecule has 0 aliphatic heterocycles. The quantitative estimate of drug-likeness (QED) is 0.690. The number of aliphatic carboxylic acids is 1. The predicted molar refractivity (Wildman–Crippen MR) is 53.4 cm³/mol. The van der Waals surface area contributed by atoms with E-state index in [1.807, 2.05) is 0 Å². The molecule has 1 atom stereocenters. The van der Waals surface area contributed by atoms with E-state index in [0.29, 0.717) is 6.54 Å². The highest BCUT2D eigenvalue weighted by Crippen LogP contribution is 2.27. The summed E-state index contributed by atoms with van der Waals surface area (Å²) in [5.74, 6) is -0.108. The monoisotopic (exact) mass is 198 g/mol. The van der Waals surface area contributed by atoms with E-state index in [1.54, 1.807) is 6.92 Å². The first-order valence-electron chi connectivity index (χ1n) is 5.29. The minimum atomic E-state index is -0.908. The van der Waals surface area contributed by atoms with E-state index in [0.717, 1.165) is 12.3 Å². The van der Waals surface area contributed by atoms with Crippen LogP contribution in [-0.4, -0.2) is 23.7 Å². The molecule has 0 aromatic rings. The number of hydrogen-bond acceptors (Lipinski definition) is 3. The fourth-order valence-electron chi connectivity index (χ4n) is 1.77. The zero-order valence-corrected chi connectivity index (χ0v) is 8.65. The summed E-state index contributed by atoms with van der Waals surface area (Å²) in [6.45, 7) is 2.23. The molecular formula is C10H18N2O2. The molecular weight excluding hydrogens is 180 g/mol. The second-order valence-corrected chi connectivity index (χ2v) is 3.93. The van der Waals surface area contributed by atoms with E-state index in [1.165, 1.54) is 25.7 Å². The van der Waals surface area contributed by atoms with Crippen molar-refractivity contribution in [3.8, 4) is 0 Å². The van der Waals surface area contributed by atoms with Crippen molar-refractivity contribution >= 4 is 5.97 Å². The Morgan fingerprint density at radius 1 is 1.50 bits per heavy atom. The van der Waals surface area contributed by atoms with Gasteiger partial charge in [0.2, 0.25) is 0 Å². The molecule has 1 fully saturated rings. The van der Waals surface area contributed by atoms with E-state index in [-0.39, 0.29) is 0 Å². The third-order valence-electron chi connectivity index (χ3n) is 2.72. The second kappa shape index (κ2) is 5.73. The molecule has 1 N–H and O–H groups in total. The number of azo groups is 1. The largest absolute Gasteiger partial charge is 0.480 e. The molecule has 0 aromatic heterocycles. The molecule has 0 bridgehead atoms. The van der Waals surface area contributed by atoms with E-state index in [2.05, 4.69) is 10.2 Å². The van der Waals surface area contributed by atoms with Gasteiger partial charge in [-0.1, -0.05) is 25.7 Å². The molecule has 4 nitrogen and oxygen atoms in total. The maximum absolute atomic E-state index is 10.4. The van der Waals surface area contributed by atoms with Crippen LogP contribution in [0.2, 0.25) is 0 Å². The average Bonchev–Trinajstić information content (AvgIpc) is 2.64. The van der Waals surface area contributed by atoms with Gasteiger partial charge in [0.05, 0.1) is 6.54 Å². The van der Waals surface area contributed by atoms with Crippen LogP contribution < -0.4 is 0 Å². The minimum absolute atomic E-state index is 0.683. The fraction of sp³-hybridized carbons (Fsp3) is 0.900. The van der Waals surface area contributed by atoms with Gasteiger partial charge in [0.1, 0.15) is 0 Å². The Labute approximate surface area is 84.4 Å². The van der Waals surface area contributed by atoms with Gasteiger partial charge in [-0.05, 0) is 19.3 Å². The minimum Gasteiger partial charge on any atom is -0.480 e. The van der Waals surface area contributed by atoms with Crippen LogP contribution in [0.25, 0.3) is 0 Å². The van der Waals surface area contributed by atoms with Crippen LogP contribution in [0, 0.1) is 5.92 Å². The van der Waals surface area contributed by atoms with Crippen LogP contribution in [0.5, 0.6) is 0 Å². The van der Waals surface area contributed by atoms with Gasteiger partial charge in [-0.3, -0.25) is 0 Å². The Balaban J connectivity index is 2.10. The molecule has 4 heteroatoms. The summed E-state index contributed by atoms with van der Waals surface area (Å²) < 4.78 is 0. The van der Waals surface area contributed by atoms with Crippen LogP contribution in [0.15, 0.2) is 10.2 Å². The highest BCUT2D eigenvalue weighted by Gasteiger charge is 2.14. The van der Waals surface area contributed by atoms with Crippen LogP contribution >= 0.6 is 0 Å². The smallest absolute Gasteiger partial charge is 0.330 e. The van der Waals surface area contributed by atoms with Crippen molar-refractivity contribution in [2.24, 2.45) is 16.1 Å². The van der Waals surface area contributed by atoms with Gasteiger partial charge in [-0.2, -0.15) is 10.2 Å². The normalized spacial score (nSPS) is 20.4. The molecule has 14 heavy (non-hydrogen) atoms. The van der Waals surface area contributed by atoms with Crippen molar-refractivity contribution in [3.05, 3.63) is 0 Å². The second-order valence-electron chi connectivity index (χ2n) is 3.93. The van der Waals surface area contributed by atoms with E-state index in [4.69, 9.17) is 5.11 Å².